The minimum absolute atomic E-state index is 0.262. The summed E-state index contributed by atoms with van der Waals surface area (Å²) in [5, 5.41) is 19.0. The van der Waals surface area contributed by atoms with E-state index in [2.05, 4.69) is 25.9 Å². The number of rotatable bonds is 7. The second-order valence-electron chi connectivity index (χ2n) is 5.22. The van der Waals surface area contributed by atoms with Crippen molar-refractivity contribution in [3.8, 4) is 5.69 Å². The van der Waals surface area contributed by atoms with Crippen LogP contribution in [0.1, 0.15) is 5.82 Å². The summed E-state index contributed by atoms with van der Waals surface area (Å²) in [6.45, 7) is 1.96. The van der Waals surface area contributed by atoms with Gasteiger partial charge in [0.25, 0.3) is 0 Å². The maximum atomic E-state index is 11.5. The van der Waals surface area contributed by atoms with Crippen LogP contribution in [0.25, 0.3) is 5.69 Å². The summed E-state index contributed by atoms with van der Waals surface area (Å²) in [5.74, 6) is 0.641. The lowest BCUT2D eigenvalue weighted by molar-refractivity contribution is 0.543. The van der Waals surface area contributed by atoms with Crippen molar-refractivity contribution in [2.75, 3.05) is 12.8 Å². The molecule has 126 valence electrons. The highest BCUT2D eigenvalue weighted by atomic mass is 32.2. The molecule has 2 heterocycles. The monoisotopic (exact) mass is 347 g/mol. The maximum Gasteiger partial charge on any atom is 0.175 e. The SMILES string of the molecule is CS(=O)(=O)c1ccc(-n2nnnc2CNCCn2cccn2)cc1. The Bertz CT molecular complexity index is 886. The first-order valence-corrected chi connectivity index (χ1v) is 9.19. The number of aromatic nitrogens is 6. The van der Waals surface area contributed by atoms with Crippen LogP contribution in [0.2, 0.25) is 0 Å². The molecule has 0 saturated heterocycles. The molecule has 2 aromatic heterocycles. The van der Waals surface area contributed by atoms with E-state index < -0.39 is 9.84 Å². The van der Waals surface area contributed by atoms with E-state index in [1.807, 2.05) is 16.9 Å². The van der Waals surface area contributed by atoms with E-state index in [1.54, 1.807) is 35.1 Å². The molecule has 0 unspecified atom stereocenters. The Hall–Kier alpha value is -2.59. The molecule has 0 saturated carbocycles. The molecule has 0 amide bonds. The zero-order chi connectivity index (χ0) is 17.0. The average molecular weight is 347 g/mol. The number of hydrogen-bond acceptors (Lipinski definition) is 7. The summed E-state index contributed by atoms with van der Waals surface area (Å²) in [4.78, 5) is 0.262. The fraction of sp³-hybridized carbons (Fsp3) is 0.286. The number of benzene rings is 1. The summed E-state index contributed by atoms with van der Waals surface area (Å²) in [7, 11) is -3.22. The van der Waals surface area contributed by atoms with E-state index in [1.165, 1.54) is 6.26 Å². The fourth-order valence-corrected chi connectivity index (χ4v) is 2.81. The van der Waals surface area contributed by atoms with Gasteiger partial charge in [0, 0.05) is 25.2 Å². The van der Waals surface area contributed by atoms with Gasteiger partial charge in [0.15, 0.2) is 15.7 Å². The highest BCUT2D eigenvalue weighted by molar-refractivity contribution is 7.90. The van der Waals surface area contributed by atoms with Gasteiger partial charge >= 0.3 is 0 Å². The highest BCUT2D eigenvalue weighted by Crippen LogP contribution is 2.13. The summed E-state index contributed by atoms with van der Waals surface area (Å²) in [5.41, 5.74) is 0.705. The van der Waals surface area contributed by atoms with Crippen LogP contribution in [0.3, 0.4) is 0 Å². The molecule has 9 nitrogen and oxygen atoms in total. The molecule has 24 heavy (non-hydrogen) atoms. The van der Waals surface area contributed by atoms with Crippen molar-refractivity contribution in [1.29, 1.82) is 0 Å². The predicted octanol–water partition coefficient (Wildman–Crippen LogP) is 0.0521. The van der Waals surface area contributed by atoms with Crippen molar-refractivity contribution in [2.24, 2.45) is 0 Å². The van der Waals surface area contributed by atoms with Crippen molar-refractivity contribution in [3.63, 3.8) is 0 Å². The van der Waals surface area contributed by atoms with Gasteiger partial charge in [-0.25, -0.2) is 8.42 Å². The van der Waals surface area contributed by atoms with Crippen molar-refractivity contribution in [2.45, 2.75) is 18.0 Å². The van der Waals surface area contributed by atoms with E-state index in [9.17, 15) is 8.42 Å². The third kappa shape index (κ3) is 3.84. The van der Waals surface area contributed by atoms with Crippen LogP contribution in [0, 0.1) is 0 Å². The van der Waals surface area contributed by atoms with Crippen molar-refractivity contribution in [3.05, 3.63) is 48.5 Å². The van der Waals surface area contributed by atoms with E-state index in [-0.39, 0.29) is 4.90 Å². The first-order chi connectivity index (χ1) is 11.5. The van der Waals surface area contributed by atoms with Crippen LogP contribution < -0.4 is 5.32 Å². The summed E-state index contributed by atoms with van der Waals surface area (Å²) in [6, 6.07) is 8.32. The zero-order valence-electron chi connectivity index (χ0n) is 13.1. The Morgan fingerprint density at radius 1 is 1.21 bits per heavy atom. The standard InChI is InChI=1S/C14H17N7O2S/c1-24(22,23)13-5-3-12(4-6-13)21-14(17-18-19-21)11-15-8-10-20-9-2-7-16-20/h2-7,9,15H,8,10-11H2,1H3. The Labute approximate surface area is 139 Å². The third-order valence-electron chi connectivity index (χ3n) is 3.40. The molecule has 1 aromatic carbocycles. The fourth-order valence-electron chi connectivity index (χ4n) is 2.18. The smallest absolute Gasteiger partial charge is 0.175 e. The van der Waals surface area contributed by atoms with Gasteiger partial charge in [0.1, 0.15) is 0 Å². The molecular weight excluding hydrogens is 330 g/mol. The van der Waals surface area contributed by atoms with E-state index in [0.717, 1.165) is 13.1 Å². The van der Waals surface area contributed by atoms with Gasteiger partial charge in [-0.05, 0) is 40.8 Å². The van der Waals surface area contributed by atoms with Gasteiger partial charge in [-0.2, -0.15) is 9.78 Å². The van der Waals surface area contributed by atoms with E-state index in [0.29, 0.717) is 18.1 Å². The van der Waals surface area contributed by atoms with Crippen LogP contribution in [0.5, 0.6) is 0 Å². The van der Waals surface area contributed by atoms with Gasteiger partial charge in [0.2, 0.25) is 0 Å². The molecule has 0 fully saturated rings. The second kappa shape index (κ2) is 6.89. The molecule has 0 radical (unpaired) electrons. The van der Waals surface area contributed by atoms with Gasteiger partial charge in [0.05, 0.1) is 23.7 Å². The van der Waals surface area contributed by atoms with Gasteiger partial charge in [-0.3, -0.25) is 4.68 Å². The highest BCUT2D eigenvalue weighted by Gasteiger charge is 2.10. The lowest BCUT2D eigenvalue weighted by atomic mass is 10.3. The Morgan fingerprint density at radius 3 is 2.67 bits per heavy atom. The zero-order valence-corrected chi connectivity index (χ0v) is 13.9. The topological polar surface area (TPSA) is 108 Å². The van der Waals surface area contributed by atoms with Gasteiger partial charge in [-0.1, -0.05) is 0 Å². The number of nitrogens with zero attached hydrogens (tertiary/aromatic N) is 6. The average Bonchev–Trinajstić information content (AvgIpc) is 3.22. The first-order valence-electron chi connectivity index (χ1n) is 7.30. The Balaban J connectivity index is 1.64. The molecule has 3 rings (SSSR count). The molecule has 0 bridgehead atoms. The van der Waals surface area contributed by atoms with Crippen molar-refractivity contribution in [1.82, 2.24) is 35.3 Å². The molecule has 0 aliphatic heterocycles. The molecule has 0 atom stereocenters. The number of hydrogen-bond donors (Lipinski definition) is 1. The van der Waals surface area contributed by atoms with Crippen molar-refractivity contribution < 1.29 is 8.42 Å². The van der Waals surface area contributed by atoms with Crippen LogP contribution in [0.4, 0.5) is 0 Å². The summed E-state index contributed by atoms with van der Waals surface area (Å²) < 4.78 is 26.4. The second-order valence-corrected chi connectivity index (χ2v) is 7.23. The van der Waals surface area contributed by atoms with E-state index in [4.69, 9.17) is 0 Å². The Morgan fingerprint density at radius 2 is 2.00 bits per heavy atom. The van der Waals surface area contributed by atoms with Crippen molar-refractivity contribution >= 4 is 9.84 Å². The Kier molecular flexibility index (Phi) is 4.67. The molecular formula is C14H17N7O2S. The normalized spacial score (nSPS) is 11.7. The first kappa shape index (κ1) is 16.3. The van der Waals surface area contributed by atoms with Gasteiger partial charge < -0.3 is 5.32 Å². The molecule has 0 aliphatic rings. The molecule has 0 aliphatic carbocycles. The van der Waals surface area contributed by atoms with Crippen LogP contribution in [-0.2, 0) is 22.9 Å². The molecule has 1 N–H and O–H groups in total. The molecule has 3 aromatic rings. The summed E-state index contributed by atoms with van der Waals surface area (Å²) in [6.07, 6.45) is 4.81. The minimum atomic E-state index is -3.22. The lowest BCUT2D eigenvalue weighted by Gasteiger charge is -2.07. The van der Waals surface area contributed by atoms with E-state index >= 15 is 0 Å². The lowest BCUT2D eigenvalue weighted by Crippen LogP contribution is -2.22. The molecule has 0 spiro atoms. The van der Waals surface area contributed by atoms with Crippen LogP contribution >= 0.6 is 0 Å². The minimum Gasteiger partial charge on any atom is -0.308 e. The molecule has 10 heteroatoms. The van der Waals surface area contributed by atoms with Crippen LogP contribution in [-0.4, -0.2) is 51.2 Å². The number of sulfone groups is 1. The number of nitrogens with one attached hydrogen (secondary N) is 1. The largest absolute Gasteiger partial charge is 0.308 e. The third-order valence-corrected chi connectivity index (χ3v) is 4.53. The van der Waals surface area contributed by atoms with Crippen LogP contribution in [0.15, 0.2) is 47.6 Å². The van der Waals surface area contributed by atoms with Gasteiger partial charge in [-0.15, -0.1) is 5.10 Å². The quantitative estimate of drug-likeness (QED) is 0.602. The summed E-state index contributed by atoms with van der Waals surface area (Å²) >= 11 is 0. The number of tetrazole rings is 1. The maximum absolute atomic E-state index is 11.5. The predicted molar refractivity (Wildman–Crippen MR) is 86.2 cm³/mol.